The average Bonchev–Trinajstić information content (AvgIpc) is 2.40. The van der Waals surface area contributed by atoms with Crippen molar-refractivity contribution < 1.29 is 27.2 Å². The van der Waals surface area contributed by atoms with E-state index in [1.54, 1.807) is 0 Å². The van der Waals surface area contributed by atoms with Crippen LogP contribution in [0.25, 0.3) is 0 Å². The lowest BCUT2D eigenvalue weighted by molar-refractivity contribution is -0.385. The van der Waals surface area contributed by atoms with Gasteiger partial charge in [0, 0.05) is 0 Å². The Balaban J connectivity index is 2.37. The molecule has 0 amide bonds. The van der Waals surface area contributed by atoms with E-state index in [2.05, 4.69) is 0 Å². The van der Waals surface area contributed by atoms with E-state index >= 15 is 0 Å². The standard InChI is InChI=1S/C13H7F4NO3/c14-9-4-5-12(11(7-9)18(19)20)21-10-3-1-2-8(6-10)13(15,16)17/h1-7H. The van der Waals surface area contributed by atoms with Crippen molar-refractivity contribution >= 4 is 5.69 Å². The normalized spacial score (nSPS) is 11.2. The molecule has 2 rings (SSSR count). The molecule has 0 heterocycles. The first-order chi connectivity index (χ1) is 9.77. The molecule has 4 nitrogen and oxygen atoms in total. The van der Waals surface area contributed by atoms with Gasteiger partial charge >= 0.3 is 11.9 Å². The molecule has 0 fully saturated rings. The molecule has 2 aromatic rings. The first-order valence-electron chi connectivity index (χ1n) is 5.56. The second-order valence-electron chi connectivity index (χ2n) is 4.00. The fourth-order valence-corrected chi connectivity index (χ4v) is 1.58. The zero-order valence-electron chi connectivity index (χ0n) is 10.2. The number of nitro benzene ring substituents is 1. The highest BCUT2D eigenvalue weighted by Crippen LogP contribution is 2.35. The van der Waals surface area contributed by atoms with Crippen molar-refractivity contribution in [3.8, 4) is 11.5 Å². The Hall–Kier alpha value is -2.64. The molecule has 21 heavy (non-hydrogen) atoms. The fourth-order valence-electron chi connectivity index (χ4n) is 1.58. The molecule has 0 aliphatic rings. The summed E-state index contributed by atoms with van der Waals surface area (Å²) in [5.74, 6) is -1.43. The largest absolute Gasteiger partial charge is 0.450 e. The summed E-state index contributed by atoms with van der Waals surface area (Å²) in [7, 11) is 0. The average molecular weight is 301 g/mol. The SMILES string of the molecule is O=[N+]([O-])c1cc(F)ccc1Oc1cccc(C(F)(F)F)c1. The number of halogens is 4. The Labute approximate surface area is 115 Å². The van der Waals surface area contributed by atoms with Crippen LogP contribution in [0.3, 0.4) is 0 Å². The number of hydrogen-bond donors (Lipinski definition) is 0. The topological polar surface area (TPSA) is 52.4 Å². The van der Waals surface area contributed by atoms with Gasteiger partial charge in [0.05, 0.1) is 16.6 Å². The van der Waals surface area contributed by atoms with Crippen LogP contribution in [0.2, 0.25) is 0 Å². The summed E-state index contributed by atoms with van der Waals surface area (Å²) in [5.41, 5.74) is -1.63. The third-order valence-electron chi connectivity index (χ3n) is 2.51. The van der Waals surface area contributed by atoms with Gasteiger partial charge in [0.1, 0.15) is 11.6 Å². The maximum absolute atomic E-state index is 13.0. The highest BCUT2D eigenvalue weighted by molar-refractivity contribution is 5.48. The van der Waals surface area contributed by atoms with Crippen LogP contribution < -0.4 is 4.74 Å². The van der Waals surface area contributed by atoms with Gasteiger partial charge in [-0.15, -0.1) is 0 Å². The molecular formula is C13H7F4NO3. The summed E-state index contributed by atoms with van der Waals surface area (Å²) in [5, 5.41) is 10.8. The number of benzene rings is 2. The van der Waals surface area contributed by atoms with Crippen molar-refractivity contribution in [3.05, 3.63) is 64.0 Å². The third-order valence-corrected chi connectivity index (χ3v) is 2.51. The lowest BCUT2D eigenvalue weighted by Gasteiger charge is -2.10. The Morgan fingerprint density at radius 1 is 1.10 bits per heavy atom. The molecule has 0 aromatic heterocycles. The zero-order chi connectivity index (χ0) is 15.6. The molecule has 0 spiro atoms. The Morgan fingerprint density at radius 2 is 1.81 bits per heavy atom. The van der Waals surface area contributed by atoms with Gasteiger partial charge < -0.3 is 4.74 Å². The van der Waals surface area contributed by atoms with E-state index in [9.17, 15) is 27.7 Å². The first kappa shape index (κ1) is 14.8. The fraction of sp³-hybridized carbons (Fsp3) is 0.0769. The second-order valence-corrected chi connectivity index (χ2v) is 4.00. The van der Waals surface area contributed by atoms with Crippen molar-refractivity contribution in [2.75, 3.05) is 0 Å². The van der Waals surface area contributed by atoms with E-state index in [1.165, 1.54) is 6.07 Å². The highest BCUT2D eigenvalue weighted by atomic mass is 19.4. The van der Waals surface area contributed by atoms with Crippen molar-refractivity contribution in [3.63, 3.8) is 0 Å². The smallest absolute Gasteiger partial charge is 0.416 e. The Morgan fingerprint density at radius 3 is 2.43 bits per heavy atom. The van der Waals surface area contributed by atoms with Crippen LogP contribution in [0.1, 0.15) is 5.56 Å². The molecular weight excluding hydrogens is 294 g/mol. The van der Waals surface area contributed by atoms with Gasteiger partial charge in [-0.3, -0.25) is 10.1 Å². The summed E-state index contributed by atoms with van der Waals surface area (Å²) in [6.07, 6.45) is -4.56. The molecule has 0 unspecified atom stereocenters. The number of nitrogens with zero attached hydrogens (tertiary/aromatic N) is 1. The molecule has 0 aliphatic heterocycles. The number of ether oxygens (including phenoxy) is 1. The van der Waals surface area contributed by atoms with Crippen LogP contribution in [-0.4, -0.2) is 4.92 Å². The quantitative estimate of drug-likeness (QED) is 0.475. The van der Waals surface area contributed by atoms with Crippen LogP contribution in [0.15, 0.2) is 42.5 Å². The summed E-state index contributed by atoms with van der Waals surface area (Å²) in [4.78, 5) is 9.89. The summed E-state index contributed by atoms with van der Waals surface area (Å²) < 4.78 is 55.7. The van der Waals surface area contributed by atoms with Crippen molar-refractivity contribution in [2.24, 2.45) is 0 Å². The monoisotopic (exact) mass is 301 g/mol. The molecule has 0 aliphatic carbocycles. The lowest BCUT2D eigenvalue weighted by atomic mass is 10.2. The van der Waals surface area contributed by atoms with Gasteiger partial charge in [0.2, 0.25) is 5.75 Å². The number of hydrogen-bond acceptors (Lipinski definition) is 3. The molecule has 0 radical (unpaired) electrons. The maximum atomic E-state index is 13.0. The zero-order valence-corrected chi connectivity index (χ0v) is 10.2. The van der Waals surface area contributed by atoms with Crippen molar-refractivity contribution in [1.29, 1.82) is 0 Å². The van der Waals surface area contributed by atoms with Gasteiger partial charge in [-0.05, 0) is 30.3 Å². The molecule has 0 saturated carbocycles. The Kier molecular flexibility index (Phi) is 3.79. The molecule has 2 aromatic carbocycles. The highest BCUT2D eigenvalue weighted by Gasteiger charge is 2.30. The van der Waals surface area contributed by atoms with Gasteiger partial charge in [-0.1, -0.05) is 6.07 Å². The molecule has 110 valence electrons. The molecule has 0 atom stereocenters. The summed E-state index contributed by atoms with van der Waals surface area (Å²) in [6.45, 7) is 0. The molecule has 8 heteroatoms. The van der Waals surface area contributed by atoms with Crippen LogP contribution in [0.4, 0.5) is 23.2 Å². The van der Waals surface area contributed by atoms with E-state index in [0.29, 0.717) is 12.1 Å². The number of nitro groups is 1. The minimum Gasteiger partial charge on any atom is -0.450 e. The second kappa shape index (κ2) is 5.39. The van der Waals surface area contributed by atoms with E-state index < -0.39 is 28.2 Å². The number of rotatable bonds is 3. The Bertz CT molecular complexity index is 685. The predicted molar refractivity (Wildman–Crippen MR) is 64.6 cm³/mol. The van der Waals surface area contributed by atoms with E-state index in [0.717, 1.165) is 24.3 Å². The lowest BCUT2D eigenvalue weighted by Crippen LogP contribution is -2.04. The van der Waals surface area contributed by atoms with Crippen molar-refractivity contribution in [1.82, 2.24) is 0 Å². The van der Waals surface area contributed by atoms with Gasteiger partial charge in [0.15, 0.2) is 0 Å². The van der Waals surface area contributed by atoms with Crippen LogP contribution in [0, 0.1) is 15.9 Å². The van der Waals surface area contributed by atoms with Crippen LogP contribution >= 0.6 is 0 Å². The molecule has 0 saturated heterocycles. The number of alkyl halides is 3. The van der Waals surface area contributed by atoms with Gasteiger partial charge in [-0.25, -0.2) is 4.39 Å². The minimum absolute atomic E-state index is 0.237. The minimum atomic E-state index is -4.56. The van der Waals surface area contributed by atoms with Gasteiger partial charge in [-0.2, -0.15) is 13.2 Å². The first-order valence-corrected chi connectivity index (χ1v) is 5.56. The summed E-state index contributed by atoms with van der Waals surface area (Å²) >= 11 is 0. The van der Waals surface area contributed by atoms with Crippen molar-refractivity contribution in [2.45, 2.75) is 6.18 Å². The summed E-state index contributed by atoms with van der Waals surface area (Å²) in [6, 6.07) is 6.38. The molecule has 0 N–H and O–H groups in total. The van der Waals surface area contributed by atoms with E-state index in [1.807, 2.05) is 0 Å². The maximum Gasteiger partial charge on any atom is 0.416 e. The van der Waals surface area contributed by atoms with Gasteiger partial charge in [0.25, 0.3) is 0 Å². The van der Waals surface area contributed by atoms with E-state index in [4.69, 9.17) is 4.74 Å². The van der Waals surface area contributed by atoms with Crippen LogP contribution in [0.5, 0.6) is 11.5 Å². The van der Waals surface area contributed by atoms with Crippen LogP contribution in [-0.2, 0) is 6.18 Å². The molecule has 0 bridgehead atoms. The third kappa shape index (κ3) is 3.47. The predicted octanol–water partition coefficient (Wildman–Crippen LogP) is 4.55. The van der Waals surface area contributed by atoms with E-state index in [-0.39, 0.29) is 11.5 Å².